The van der Waals surface area contributed by atoms with Crippen molar-refractivity contribution in [3.63, 3.8) is 0 Å². The number of rotatable bonds is 8. The number of hydrogen-bond acceptors (Lipinski definition) is 0. The zero-order chi connectivity index (χ0) is 19.2. The van der Waals surface area contributed by atoms with Crippen molar-refractivity contribution < 1.29 is 0 Å². The largest absolute Gasteiger partial charge is 0.192 e. The van der Waals surface area contributed by atoms with E-state index >= 15 is 0 Å². The van der Waals surface area contributed by atoms with E-state index in [9.17, 15) is 0 Å². The van der Waals surface area contributed by atoms with Crippen molar-refractivity contribution in [3.8, 4) is 0 Å². The highest BCUT2D eigenvalue weighted by atomic mass is 14.3. The lowest BCUT2D eigenvalue weighted by Gasteiger charge is -2.33. The van der Waals surface area contributed by atoms with E-state index in [0.717, 1.165) is 13.2 Å². The van der Waals surface area contributed by atoms with Gasteiger partial charge in [-0.05, 0) is 41.6 Å². The molecule has 0 fully saturated rings. The first-order valence-electron chi connectivity index (χ1n) is 10.3. The molecule has 0 aliphatic heterocycles. The van der Waals surface area contributed by atoms with Gasteiger partial charge in [0.1, 0.15) is 0 Å². The zero-order valence-electron chi connectivity index (χ0n) is 17.8. The fourth-order valence-electron chi connectivity index (χ4n) is 3.97. The van der Waals surface area contributed by atoms with Gasteiger partial charge in [0.25, 0.3) is 0 Å². The Labute approximate surface area is 162 Å². The summed E-state index contributed by atoms with van der Waals surface area (Å²) in [5.41, 5.74) is 5.10. The van der Waals surface area contributed by atoms with E-state index in [4.69, 9.17) is 0 Å². The first kappa shape index (κ1) is 20.8. The number of hydrogen-bond donors (Lipinski definition) is 0. The van der Waals surface area contributed by atoms with Crippen LogP contribution in [0.4, 0.5) is 0 Å². The first-order chi connectivity index (χ1) is 12.2. The highest BCUT2D eigenvalue weighted by molar-refractivity contribution is 6.67. The molecule has 2 aromatic carbocycles. The predicted octanol–water partition coefficient (Wildman–Crippen LogP) is 5.50. The Morgan fingerprint density at radius 2 is 1.35 bits per heavy atom. The maximum atomic E-state index is 2.42. The van der Waals surface area contributed by atoms with Crippen LogP contribution in [0.2, 0.25) is 0 Å². The quantitative estimate of drug-likeness (QED) is 0.553. The third-order valence-electron chi connectivity index (χ3n) is 5.50. The molecule has 0 saturated carbocycles. The zero-order valence-corrected chi connectivity index (χ0v) is 17.8. The van der Waals surface area contributed by atoms with Crippen LogP contribution in [-0.2, 0) is 6.42 Å². The molecule has 0 aliphatic rings. The van der Waals surface area contributed by atoms with Crippen LogP contribution < -0.4 is 10.9 Å². The Morgan fingerprint density at radius 3 is 1.88 bits per heavy atom. The summed E-state index contributed by atoms with van der Waals surface area (Å²) >= 11 is 0. The SMILES string of the molecule is CCC(C)(C)CC(Cc1ccc(Bc2ccccc2)cc1)CC(C)(C)C. The molecule has 140 valence electrons. The Bertz CT molecular complexity index is 647. The molecular weight excluding hydrogens is 311 g/mol. The summed E-state index contributed by atoms with van der Waals surface area (Å²) in [6.45, 7) is 14.3. The van der Waals surface area contributed by atoms with Crippen molar-refractivity contribution in [3.05, 3.63) is 60.2 Å². The summed E-state index contributed by atoms with van der Waals surface area (Å²) in [4.78, 5) is 0. The molecule has 1 atom stereocenters. The van der Waals surface area contributed by atoms with E-state index in [-0.39, 0.29) is 0 Å². The highest BCUT2D eigenvalue weighted by Gasteiger charge is 2.25. The van der Waals surface area contributed by atoms with Crippen LogP contribution in [0, 0.1) is 16.7 Å². The van der Waals surface area contributed by atoms with Gasteiger partial charge < -0.3 is 0 Å². The topological polar surface area (TPSA) is 0 Å². The van der Waals surface area contributed by atoms with Crippen LogP contribution in [0.1, 0.15) is 66.4 Å². The van der Waals surface area contributed by atoms with Gasteiger partial charge in [-0.2, -0.15) is 0 Å². The van der Waals surface area contributed by atoms with Crippen LogP contribution >= 0.6 is 0 Å². The summed E-state index contributed by atoms with van der Waals surface area (Å²) in [6.07, 6.45) is 5.06. The van der Waals surface area contributed by atoms with Gasteiger partial charge in [-0.15, -0.1) is 0 Å². The average Bonchev–Trinajstić information content (AvgIpc) is 2.56. The second kappa shape index (κ2) is 8.93. The van der Waals surface area contributed by atoms with Crippen molar-refractivity contribution in [1.82, 2.24) is 0 Å². The molecule has 2 aromatic rings. The Morgan fingerprint density at radius 1 is 0.769 bits per heavy atom. The lowest BCUT2D eigenvalue weighted by Crippen LogP contribution is -2.26. The van der Waals surface area contributed by atoms with E-state index in [1.54, 1.807) is 0 Å². The minimum absolute atomic E-state index is 0.391. The van der Waals surface area contributed by atoms with Gasteiger partial charge >= 0.3 is 0 Å². The van der Waals surface area contributed by atoms with Crippen molar-refractivity contribution in [1.29, 1.82) is 0 Å². The molecule has 0 amide bonds. The second-order valence-electron chi connectivity index (χ2n) is 10.0. The summed E-state index contributed by atoms with van der Waals surface area (Å²) in [5.74, 6) is 0.755. The van der Waals surface area contributed by atoms with Crippen molar-refractivity contribution in [2.24, 2.45) is 16.7 Å². The van der Waals surface area contributed by atoms with Gasteiger partial charge in [0, 0.05) is 0 Å². The molecule has 26 heavy (non-hydrogen) atoms. The fraction of sp³-hybridized carbons (Fsp3) is 0.520. The van der Waals surface area contributed by atoms with Gasteiger partial charge in [-0.25, -0.2) is 0 Å². The maximum absolute atomic E-state index is 2.42. The normalized spacial score (nSPS) is 13.5. The monoisotopic (exact) mass is 348 g/mol. The minimum Gasteiger partial charge on any atom is -0.0786 e. The van der Waals surface area contributed by atoms with Crippen molar-refractivity contribution in [2.75, 3.05) is 0 Å². The fourth-order valence-corrected chi connectivity index (χ4v) is 3.97. The van der Waals surface area contributed by atoms with Crippen molar-refractivity contribution >= 4 is 18.2 Å². The van der Waals surface area contributed by atoms with E-state index in [2.05, 4.69) is 96.1 Å². The summed E-state index contributed by atoms with van der Waals surface area (Å²) in [5, 5.41) is 0. The number of benzene rings is 2. The molecule has 1 heteroatoms. The van der Waals surface area contributed by atoms with Gasteiger partial charge in [0.2, 0.25) is 0 Å². The van der Waals surface area contributed by atoms with Gasteiger partial charge in [0.05, 0.1) is 0 Å². The predicted molar refractivity (Wildman–Crippen MR) is 119 cm³/mol. The third-order valence-corrected chi connectivity index (χ3v) is 5.50. The van der Waals surface area contributed by atoms with E-state index in [0.29, 0.717) is 10.8 Å². The van der Waals surface area contributed by atoms with Crippen LogP contribution in [0.5, 0.6) is 0 Å². The maximum Gasteiger partial charge on any atom is 0.192 e. The third kappa shape index (κ3) is 7.40. The molecule has 0 bridgehead atoms. The smallest absolute Gasteiger partial charge is 0.0786 e. The molecule has 0 aromatic heterocycles. The standard InChI is InChI=1S/C25H37B/c1-7-25(5,6)19-21(18-24(2,3)4)17-20-13-15-23(16-14-20)26-22-11-9-8-10-12-22/h8-16,21,26H,7,17-19H2,1-6H3. The van der Waals surface area contributed by atoms with Gasteiger partial charge in [-0.1, -0.05) is 113 Å². The average molecular weight is 348 g/mol. The van der Waals surface area contributed by atoms with E-state index in [1.807, 2.05) is 0 Å². The van der Waals surface area contributed by atoms with Crippen LogP contribution in [0.3, 0.4) is 0 Å². The van der Waals surface area contributed by atoms with Crippen LogP contribution in [0.25, 0.3) is 0 Å². The Hall–Kier alpha value is -1.50. The first-order valence-corrected chi connectivity index (χ1v) is 10.3. The van der Waals surface area contributed by atoms with Crippen LogP contribution in [0.15, 0.2) is 54.6 Å². The van der Waals surface area contributed by atoms with E-state index < -0.39 is 0 Å². The van der Waals surface area contributed by atoms with E-state index in [1.165, 1.54) is 42.2 Å². The molecule has 0 radical (unpaired) electrons. The van der Waals surface area contributed by atoms with Crippen molar-refractivity contribution in [2.45, 2.75) is 67.2 Å². The molecule has 2 rings (SSSR count). The molecule has 0 nitrogen and oxygen atoms in total. The molecule has 1 unspecified atom stereocenters. The molecule has 0 N–H and O–H groups in total. The van der Waals surface area contributed by atoms with Gasteiger partial charge in [0.15, 0.2) is 7.28 Å². The molecule has 0 saturated heterocycles. The summed E-state index contributed by atoms with van der Waals surface area (Å²) in [6, 6.07) is 20.1. The van der Waals surface area contributed by atoms with Gasteiger partial charge in [-0.3, -0.25) is 0 Å². The highest BCUT2D eigenvalue weighted by Crippen LogP contribution is 2.36. The molecule has 0 spiro atoms. The molecule has 0 heterocycles. The lowest BCUT2D eigenvalue weighted by atomic mass is 9.64. The molecular formula is C25H37B. The Balaban J connectivity index is 2.05. The lowest BCUT2D eigenvalue weighted by molar-refractivity contribution is 0.200. The second-order valence-corrected chi connectivity index (χ2v) is 10.0. The molecule has 0 aliphatic carbocycles. The Kier molecular flexibility index (Phi) is 7.15. The minimum atomic E-state index is 0.391. The van der Waals surface area contributed by atoms with Crippen LogP contribution in [-0.4, -0.2) is 7.28 Å². The summed E-state index contributed by atoms with van der Waals surface area (Å²) < 4.78 is 0. The summed E-state index contributed by atoms with van der Waals surface area (Å²) in [7, 11) is 1.02.